The monoisotopic (exact) mass is 318 g/mol. The van der Waals surface area contributed by atoms with Gasteiger partial charge in [0.2, 0.25) is 5.88 Å². The Hall–Kier alpha value is -2.76. The molecule has 1 N–H and O–H groups in total. The summed E-state index contributed by atoms with van der Waals surface area (Å²) in [6, 6.07) is 12.1. The molecule has 1 aromatic heterocycles. The van der Waals surface area contributed by atoms with Crippen molar-refractivity contribution in [3.63, 3.8) is 0 Å². The van der Waals surface area contributed by atoms with Crippen LogP contribution in [0.4, 0.5) is 18.9 Å². The number of para-hydroxylation sites is 1. The lowest BCUT2D eigenvalue weighted by atomic mass is 10.2. The molecule has 0 aliphatic rings. The zero-order valence-electron chi connectivity index (χ0n) is 12.2. The number of aromatic hydroxyl groups is 1. The van der Waals surface area contributed by atoms with E-state index in [1.54, 1.807) is 11.6 Å². The first-order chi connectivity index (χ1) is 10.9. The first-order valence-electron chi connectivity index (χ1n) is 6.85. The maximum absolute atomic E-state index is 12.7. The number of hydrogen-bond donors (Lipinski definition) is 1. The molecule has 0 atom stereocenters. The molecule has 0 spiro atoms. The molecule has 0 fully saturated rings. The summed E-state index contributed by atoms with van der Waals surface area (Å²) in [6.45, 7) is 0. The highest BCUT2D eigenvalue weighted by atomic mass is 19.4. The van der Waals surface area contributed by atoms with E-state index in [0.717, 1.165) is 23.0 Å². The summed E-state index contributed by atoms with van der Waals surface area (Å²) in [5.74, 6) is 0.0157. The van der Waals surface area contributed by atoms with Crippen molar-refractivity contribution >= 4 is 22.8 Å². The summed E-state index contributed by atoms with van der Waals surface area (Å²) >= 11 is 0. The largest absolute Gasteiger partial charge is 0.494 e. The highest BCUT2D eigenvalue weighted by Gasteiger charge is 2.30. The van der Waals surface area contributed by atoms with Gasteiger partial charge in [0.05, 0.1) is 22.3 Å². The van der Waals surface area contributed by atoms with E-state index in [4.69, 9.17) is 0 Å². The summed E-state index contributed by atoms with van der Waals surface area (Å²) in [4.78, 5) is 4.08. The second-order valence-corrected chi connectivity index (χ2v) is 5.12. The number of aryl methyl sites for hydroxylation is 1. The van der Waals surface area contributed by atoms with Gasteiger partial charge in [-0.05, 0) is 24.3 Å². The number of nitrogens with zero attached hydrogens (tertiary/aromatic N) is 2. The predicted molar refractivity (Wildman–Crippen MR) is 83.3 cm³/mol. The third kappa shape index (κ3) is 2.79. The van der Waals surface area contributed by atoms with Crippen LogP contribution < -0.4 is 0 Å². The molecule has 1 heterocycles. The normalized spacial score (nSPS) is 12.3. The van der Waals surface area contributed by atoms with E-state index in [-0.39, 0.29) is 11.6 Å². The number of aromatic nitrogens is 1. The van der Waals surface area contributed by atoms with Gasteiger partial charge in [0.15, 0.2) is 0 Å². The van der Waals surface area contributed by atoms with E-state index in [1.165, 1.54) is 18.3 Å². The Morgan fingerprint density at radius 2 is 1.83 bits per heavy atom. The van der Waals surface area contributed by atoms with Gasteiger partial charge in [0.25, 0.3) is 0 Å². The molecule has 3 aromatic rings. The van der Waals surface area contributed by atoms with Crippen molar-refractivity contribution < 1.29 is 18.3 Å². The first-order valence-corrected chi connectivity index (χ1v) is 6.85. The molecule has 0 unspecified atom stereocenters. The molecule has 0 amide bonds. The fraction of sp³-hybridized carbons (Fsp3) is 0.118. The standard InChI is InChI=1S/C17H13F3N2O/c1-22-15-8-3-2-7-13(15)14(16(22)23)10-21-12-6-4-5-11(9-12)17(18,19)20/h2-10,23H,1H3. The van der Waals surface area contributed by atoms with Crippen LogP contribution >= 0.6 is 0 Å². The van der Waals surface area contributed by atoms with E-state index < -0.39 is 11.7 Å². The van der Waals surface area contributed by atoms with Gasteiger partial charge in [-0.3, -0.25) is 4.99 Å². The number of hydrogen-bond acceptors (Lipinski definition) is 2. The third-order valence-electron chi connectivity index (χ3n) is 3.63. The van der Waals surface area contributed by atoms with Gasteiger partial charge in [-0.1, -0.05) is 24.3 Å². The van der Waals surface area contributed by atoms with Crippen molar-refractivity contribution in [1.82, 2.24) is 4.57 Å². The molecule has 3 nitrogen and oxygen atoms in total. The number of fused-ring (bicyclic) bond motifs is 1. The molecule has 0 aliphatic carbocycles. The molecule has 3 rings (SSSR count). The lowest BCUT2D eigenvalue weighted by Gasteiger charge is -2.06. The smallest absolute Gasteiger partial charge is 0.416 e. The quantitative estimate of drug-likeness (QED) is 0.686. The maximum atomic E-state index is 12.7. The van der Waals surface area contributed by atoms with E-state index in [1.807, 2.05) is 24.3 Å². The molecule has 0 saturated carbocycles. The molecule has 23 heavy (non-hydrogen) atoms. The van der Waals surface area contributed by atoms with Crippen molar-refractivity contribution in [2.45, 2.75) is 6.18 Å². The second-order valence-electron chi connectivity index (χ2n) is 5.12. The van der Waals surface area contributed by atoms with Gasteiger partial charge in [-0.15, -0.1) is 0 Å². The van der Waals surface area contributed by atoms with Crippen molar-refractivity contribution in [2.24, 2.45) is 12.0 Å². The van der Waals surface area contributed by atoms with E-state index in [2.05, 4.69) is 4.99 Å². The average Bonchev–Trinajstić information content (AvgIpc) is 2.77. The minimum atomic E-state index is -4.41. The van der Waals surface area contributed by atoms with Gasteiger partial charge in [-0.25, -0.2) is 0 Å². The zero-order chi connectivity index (χ0) is 16.6. The number of aliphatic imine (C=N–C) groups is 1. The third-order valence-corrected chi connectivity index (χ3v) is 3.63. The van der Waals surface area contributed by atoms with Crippen molar-refractivity contribution in [1.29, 1.82) is 0 Å². The second kappa shape index (κ2) is 5.46. The summed E-state index contributed by atoms with van der Waals surface area (Å²) in [5.41, 5.74) is 0.706. The fourth-order valence-corrected chi connectivity index (χ4v) is 2.44. The lowest BCUT2D eigenvalue weighted by Crippen LogP contribution is -2.03. The molecule has 0 saturated heterocycles. The molecular formula is C17H13F3N2O. The van der Waals surface area contributed by atoms with Crippen LogP contribution in [0.25, 0.3) is 10.9 Å². The number of rotatable bonds is 2. The van der Waals surface area contributed by atoms with Crippen LogP contribution in [0, 0.1) is 0 Å². The van der Waals surface area contributed by atoms with E-state index in [9.17, 15) is 18.3 Å². The molecule has 0 aliphatic heterocycles. The minimum Gasteiger partial charge on any atom is -0.494 e. The number of benzene rings is 2. The van der Waals surface area contributed by atoms with Crippen LogP contribution in [0.2, 0.25) is 0 Å². The van der Waals surface area contributed by atoms with Gasteiger partial charge in [-0.2, -0.15) is 13.2 Å². The Bertz CT molecular complexity index is 894. The van der Waals surface area contributed by atoms with Crippen LogP contribution in [0.15, 0.2) is 53.5 Å². The highest BCUT2D eigenvalue weighted by molar-refractivity contribution is 6.03. The Balaban J connectivity index is 2.03. The summed E-state index contributed by atoms with van der Waals surface area (Å²) in [5, 5.41) is 11.0. The Morgan fingerprint density at radius 1 is 1.09 bits per heavy atom. The maximum Gasteiger partial charge on any atom is 0.416 e. The average molecular weight is 318 g/mol. The van der Waals surface area contributed by atoms with Crippen molar-refractivity contribution in [3.05, 3.63) is 59.7 Å². The topological polar surface area (TPSA) is 37.5 Å². The fourth-order valence-electron chi connectivity index (χ4n) is 2.44. The lowest BCUT2D eigenvalue weighted by molar-refractivity contribution is -0.137. The molecule has 118 valence electrons. The van der Waals surface area contributed by atoms with Crippen LogP contribution in [-0.4, -0.2) is 15.9 Å². The van der Waals surface area contributed by atoms with E-state index >= 15 is 0 Å². The Morgan fingerprint density at radius 3 is 2.57 bits per heavy atom. The molecule has 6 heteroatoms. The van der Waals surface area contributed by atoms with Crippen molar-refractivity contribution in [2.75, 3.05) is 0 Å². The SMILES string of the molecule is Cn1c(O)c(C=Nc2cccc(C(F)(F)F)c2)c2ccccc21. The van der Waals surface area contributed by atoms with Crippen LogP contribution in [0.3, 0.4) is 0 Å². The van der Waals surface area contributed by atoms with Gasteiger partial charge in [0.1, 0.15) is 0 Å². The van der Waals surface area contributed by atoms with Crippen molar-refractivity contribution in [3.8, 4) is 5.88 Å². The molecule has 0 bridgehead atoms. The summed E-state index contributed by atoms with van der Waals surface area (Å²) in [7, 11) is 1.71. The van der Waals surface area contributed by atoms with Crippen LogP contribution in [-0.2, 0) is 13.2 Å². The number of halogens is 3. The minimum absolute atomic E-state index is 0.0157. The van der Waals surface area contributed by atoms with Gasteiger partial charge in [0, 0.05) is 18.6 Å². The Kier molecular flexibility index (Phi) is 3.60. The number of alkyl halides is 3. The summed E-state index contributed by atoms with van der Waals surface area (Å²) in [6.07, 6.45) is -3.03. The predicted octanol–water partition coefficient (Wildman–Crippen LogP) is 4.65. The van der Waals surface area contributed by atoms with Crippen LogP contribution in [0.1, 0.15) is 11.1 Å². The van der Waals surface area contributed by atoms with Gasteiger partial charge < -0.3 is 9.67 Å². The van der Waals surface area contributed by atoms with Crippen LogP contribution in [0.5, 0.6) is 5.88 Å². The summed E-state index contributed by atoms with van der Waals surface area (Å²) < 4.78 is 39.7. The zero-order valence-corrected chi connectivity index (χ0v) is 12.2. The Labute approximate surface area is 130 Å². The molecular weight excluding hydrogens is 305 g/mol. The van der Waals surface area contributed by atoms with E-state index in [0.29, 0.717) is 5.56 Å². The molecule has 2 aromatic carbocycles. The highest BCUT2D eigenvalue weighted by Crippen LogP contribution is 2.32. The molecule has 0 radical (unpaired) electrons. The first kappa shape index (κ1) is 15.1. The van der Waals surface area contributed by atoms with Gasteiger partial charge >= 0.3 is 6.18 Å².